The molecule has 0 spiro atoms. The zero-order valence-electron chi connectivity index (χ0n) is 14.5. The van der Waals surface area contributed by atoms with Crippen LogP contribution in [0, 0.1) is 23.6 Å². The van der Waals surface area contributed by atoms with Gasteiger partial charge in [0.2, 0.25) is 11.8 Å². The molecule has 6 heteroatoms. The van der Waals surface area contributed by atoms with Gasteiger partial charge < -0.3 is 10.6 Å². The van der Waals surface area contributed by atoms with E-state index in [1.165, 1.54) is 6.07 Å². The number of halogens is 2. The first-order valence-corrected chi connectivity index (χ1v) is 9.01. The second-order valence-electron chi connectivity index (χ2n) is 6.39. The fourth-order valence-corrected chi connectivity index (χ4v) is 3.08. The lowest BCUT2D eigenvalue weighted by Gasteiger charge is -2.31. The predicted octanol–water partition coefficient (Wildman–Crippen LogP) is 3.05. The van der Waals surface area contributed by atoms with Gasteiger partial charge in [0, 0.05) is 25.1 Å². The molecule has 0 aromatic heterocycles. The van der Waals surface area contributed by atoms with Gasteiger partial charge in [-0.3, -0.25) is 9.59 Å². The van der Waals surface area contributed by atoms with Crippen molar-refractivity contribution >= 4 is 23.4 Å². The Morgan fingerprint density at radius 3 is 2.69 bits per heavy atom. The molecule has 2 rings (SSSR count). The Morgan fingerprint density at radius 1 is 1.27 bits per heavy atom. The van der Waals surface area contributed by atoms with Crippen LogP contribution in [0.25, 0.3) is 0 Å². The number of carbonyl (C=O) groups excluding carboxylic acids is 2. The van der Waals surface area contributed by atoms with Gasteiger partial charge >= 0.3 is 0 Å². The molecule has 0 bridgehead atoms. The molecule has 0 radical (unpaired) electrons. The summed E-state index contributed by atoms with van der Waals surface area (Å²) >= 11 is 5.40. The van der Waals surface area contributed by atoms with Gasteiger partial charge in [-0.25, -0.2) is 4.39 Å². The summed E-state index contributed by atoms with van der Waals surface area (Å²) in [6.07, 6.45) is 11.9. The van der Waals surface area contributed by atoms with Crippen molar-refractivity contribution < 1.29 is 14.0 Å². The minimum Gasteiger partial charge on any atom is -0.351 e. The summed E-state index contributed by atoms with van der Waals surface area (Å²) in [4.78, 5) is 23.8. The number of carbonyl (C=O) groups is 2. The number of hydrogen-bond acceptors (Lipinski definition) is 2. The van der Waals surface area contributed by atoms with Gasteiger partial charge in [0.1, 0.15) is 11.7 Å². The highest BCUT2D eigenvalue weighted by atomic mass is 35.5. The van der Waals surface area contributed by atoms with Crippen molar-refractivity contribution in [2.45, 2.75) is 38.8 Å². The van der Waals surface area contributed by atoms with Crippen LogP contribution in [0.2, 0.25) is 0 Å². The van der Waals surface area contributed by atoms with E-state index in [0.29, 0.717) is 30.4 Å². The molecular weight excluding hydrogens is 355 g/mol. The Bertz CT molecular complexity index is 742. The molecule has 0 saturated heterocycles. The lowest BCUT2D eigenvalue weighted by molar-refractivity contribution is -0.131. The molecule has 1 unspecified atom stereocenters. The van der Waals surface area contributed by atoms with E-state index in [0.717, 1.165) is 6.42 Å². The maximum Gasteiger partial charge on any atom is 0.235 e. The summed E-state index contributed by atoms with van der Waals surface area (Å²) in [6, 6.07) is 4.66. The van der Waals surface area contributed by atoms with Crippen molar-refractivity contribution in [1.82, 2.24) is 10.6 Å². The number of benzene rings is 1. The molecule has 0 heterocycles. The van der Waals surface area contributed by atoms with Gasteiger partial charge in [-0.15, -0.1) is 23.9 Å². The van der Waals surface area contributed by atoms with Crippen molar-refractivity contribution in [3.8, 4) is 12.3 Å². The lowest BCUT2D eigenvalue weighted by Crippen LogP contribution is -2.41. The van der Waals surface area contributed by atoms with Crippen LogP contribution in [-0.4, -0.2) is 17.7 Å². The second-order valence-corrected chi connectivity index (χ2v) is 6.66. The molecule has 1 aromatic rings. The Balaban J connectivity index is 1.98. The van der Waals surface area contributed by atoms with Crippen molar-refractivity contribution in [3.05, 3.63) is 47.3 Å². The minimum atomic E-state index is -0.605. The number of rotatable bonds is 7. The Kier molecular flexibility index (Phi) is 7.23. The largest absolute Gasteiger partial charge is 0.351 e. The SMILES string of the molecule is C#CCC1(C(=O)NCc2ccc(CNC(=O)CCl)cc2F)CC=CCC1. The van der Waals surface area contributed by atoms with E-state index in [1.54, 1.807) is 12.1 Å². The van der Waals surface area contributed by atoms with Crippen molar-refractivity contribution in [1.29, 1.82) is 0 Å². The quantitative estimate of drug-likeness (QED) is 0.436. The number of allylic oxidation sites excluding steroid dienone is 2. The average Bonchev–Trinajstić information content (AvgIpc) is 2.66. The fraction of sp³-hybridized carbons (Fsp3) is 0.400. The van der Waals surface area contributed by atoms with Crippen molar-refractivity contribution in [3.63, 3.8) is 0 Å². The van der Waals surface area contributed by atoms with E-state index >= 15 is 0 Å². The summed E-state index contributed by atoms with van der Waals surface area (Å²) in [7, 11) is 0. The number of terminal acetylenes is 1. The summed E-state index contributed by atoms with van der Waals surface area (Å²) in [5.41, 5.74) is 0.399. The highest BCUT2D eigenvalue weighted by Crippen LogP contribution is 2.36. The van der Waals surface area contributed by atoms with Crippen LogP contribution in [0.5, 0.6) is 0 Å². The third kappa shape index (κ3) is 5.09. The maximum atomic E-state index is 14.3. The van der Waals surface area contributed by atoms with E-state index in [9.17, 15) is 14.0 Å². The van der Waals surface area contributed by atoms with Crippen molar-refractivity contribution in [2.24, 2.45) is 5.41 Å². The van der Waals surface area contributed by atoms with Crippen LogP contribution in [0.4, 0.5) is 4.39 Å². The van der Waals surface area contributed by atoms with Crippen LogP contribution >= 0.6 is 11.6 Å². The number of alkyl halides is 1. The first-order valence-electron chi connectivity index (χ1n) is 8.47. The summed E-state index contributed by atoms with van der Waals surface area (Å²) < 4.78 is 14.3. The summed E-state index contributed by atoms with van der Waals surface area (Å²) in [5.74, 6) is 1.56. The van der Waals surface area contributed by atoms with Crippen molar-refractivity contribution in [2.75, 3.05) is 5.88 Å². The first kappa shape index (κ1) is 20.0. The van der Waals surface area contributed by atoms with Crippen LogP contribution in [0.15, 0.2) is 30.4 Å². The normalized spacial score (nSPS) is 18.8. The number of nitrogens with one attached hydrogen (secondary N) is 2. The molecule has 4 nitrogen and oxygen atoms in total. The maximum absolute atomic E-state index is 14.3. The van der Waals surface area contributed by atoms with Gasteiger partial charge in [-0.05, 0) is 30.9 Å². The third-order valence-electron chi connectivity index (χ3n) is 4.55. The molecule has 1 aliphatic carbocycles. The average molecular weight is 377 g/mol. The zero-order valence-corrected chi connectivity index (χ0v) is 15.2. The minimum absolute atomic E-state index is 0.0923. The van der Waals surface area contributed by atoms with E-state index in [2.05, 4.69) is 16.6 Å². The smallest absolute Gasteiger partial charge is 0.235 e. The van der Waals surface area contributed by atoms with E-state index in [1.807, 2.05) is 12.2 Å². The molecule has 1 atom stereocenters. The number of amides is 2. The Labute approximate surface area is 158 Å². The van der Waals surface area contributed by atoms with Crippen LogP contribution in [0.3, 0.4) is 0 Å². The molecule has 26 heavy (non-hydrogen) atoms. The number of hydrogen-bond donors (Lipinski definition) is 2. The zero-order chi connectivity index (χ0) is 19.0. The van der Waals surface area contributed by atoms with E-state index in [-0.39, 0.29) is 30.8 Å². The molecule has 0 aliphatic heterocycles. The van der Waals surface area contributed by atoms with Crippen LogP contribution in [-0.2, 0) is 22.7 Å². The molecule has 138 valence electrons. The third-order valence-corrected chi connectivity index (χ3v) is 4.80. The molecule has 0 saturated carbocycles. The monoisotopic (exact) mass is 376 g/mol. The molecular formula is C20H22ClFN2O2. The molecule has 0 fully saturated rings. The Morgan fingerprint density at radius 2 is 2.08 bits per heavy atom. The summed E-state index contributed by atoms with van der Waals surface area (Å²) in [6.45, 7) is 0.293. The molecule has 1 aliphatic rings. The predicted molar refractivity (Wildman–Crippen MR) is 99.7 cm³/mol. The second kappa shape index (κ2) is 9.40. The van der Waals surface area contributed by atoms with Gasteiger partial charge in [0.15, 0.2) is 0 Å². The fourth-order valence-electron chi connectivity index (χ4n) is 2.99. The van der Waals surface area contributed by atoms with Gasteiger partial charge in [-0.1, -0.05) is 24.3 Å². The standard InChI is InChI=1S/C20H22ClFN2O2/c1-2-8-20(9-4-3-5-10-20)19(26)24-14-16-7-6-15(11-17(16)22)13-23-18(25)12-21/h1,3-4,6-7,11H,5,8-10,12-14H2,(H,23,25)(H,24,26). The van der Waals surface area contributed by atoms with Gasteiger partial charge in [0.25, 0.3) is 0 Å². The van der Waals surface area contributed by atoms with E-state index < -0.39 is 11.2 Å². The van der Waals surface area contributed by atoms with Gasteiger partial charge in [-0.2, -0.15) is 0 Å². The highest BCUT2D eigenvalue weighted by molar-refractivity contribution is 6.27. The van der Waals surface area contributed by atoms with Crippen LogP contribution < -0.4 is 10.6 Å². The molecule has 1 aromatic carbocycles. The topological polar surface area (TPSA) is 58.2 Å². The Hall–Kier alpha value is -2.32. The molecule has 2 N–H and O–H groups in total. The highest BCUT2D eigenvalue weighted by Gasteiger charge is 2.37. The van der Waals surface area contributed by atoms with E-state index in [4.69, 9.17) is 18.0 Å². The van der Waals surface area contributed by atoms with Gasteiger partial charge in [0.05, 0.1) is 5.41 Å². The lowest BCUT2D eigenvalue weighted by atomic mass is 9.74. The summed E-state index contributed by atoms with van der Waals surface area (Å²) in [5, 5.41) is 5.39. The first-order chi connectivity index (χ1) is 12.5. The van der Waals surface area contributed by atoms with Crippen LogP contribution in [0.1, 0.15) is 36.8 Å². The molecule has 2 amide bonds.